The van der Waals surface area contributed by atoms with E-state index < -0.39 is 5.79 Å². The van der Waals surface area contributed by atoms with E-state index in [4.69, 9.17) is 21.1 Å². The molecule has 0 atom stereocenters. The quantitative estimate of drug-likeness (QED) is 0.775. The van der Waals surface area contributed by atoms with Gasteiger partial charge in [0, 0.05) is 18.3 Å². The van der Waals surface area contributed by atoms with Gasteiger partial charge in [-0.3, -0.25) is 0 Å². The molecule has 3 rings (SSSR count). The Kier molecular flexibility index (Phi) is 2.79. The van der Waals surface area contributed by atoms with E-state index in [1.165, 1.54) is 0 Å². The standard InChI is InChI=1S/C10H13ClN2O2S/c11-8-6-16-9(12-8)13-3-1-2-10(7-13)14-4-5-15-10/h6H,1-5,7H2. The molecule has 0 aliphatic carbocycles. The van der Waals surface area contributed by atoms with Gasteiger partial charge in [0.1, 0.15) is 5.15 Å². The molecule has 4 nitrogen and oxygen atoms in total. The van der Waals surface area contributed by atoms with Gasteiger partial charge in [-0.15, -0.1) is 11.3 Å². The highest BCUT2D eigenvalue weighted by Gasteiger charge is 2.41. The van der Waals surface area contributed by atoms with Crippen molar-refractivity contribution in [1.29, 1.82) is 0 Å². The summed E-state index contributed by atoms with van der Waals surface area (Å²) < 4.78 is 11.4. The fourth-order valence-corrected chi connectivity index (χ4v) is 3.25. The van der Waals surface area contributed by atoms with Crippen LogP contribution in [0.2, 0.25) is 5.15 Å². The van der Waals surface area contributed by atoms with Gasteiger partial charge in [-0.2, -0.15) is 0 Å². The highest BCUT2D eigenvalue weighted by molar-refractivity contribution is 7.14. The van der Waals surface area contributed by atoms with Gasteiger partial charge < -0.3 is 14.4 Å². The fourth-order valence-electron chi connectivity index (χ4n) is 2.27. The predicted octanol–water partition coefficient (Wildman–Crippen LogP) is 2.14. The largest absolute Gasteiger partial charge is 0.346 e. The average molecular weight is 261 g/mol. The summed E-state index contributed by atoms with van der Waals surface area (Å²) in [5.41, 5.74) is 0. The maximum atomic E-state index is 5.84. The van der Waals surface area contributed by atoms with Crippen molar-refractivity contribution in [3.05, 3.63) is 10.5 Å². The van der Waals surface area contributed by atoms with Crippen LogP contribution >= 0.6 is 22.9 Å². The molecular formula is C10H13ClN2O2S. The second kappa shape index (κ2) is 4.14. The van der Waals surface area contributed by atoms with Crippen LogP contribution in [0, 0.1) is 0 Å². The Morgan fingerprint density at radius 2 is 2.25 bits per heavy atom. The van der Waals surface area contributed by atoms with Gasteiger partial charge in [0.15, 0.2) is 10.9 Å². The zero-order chi connectivity index (χ0) is 11.0. The lowest BCUT2D eigenvalue weighted by atomic mass is 10.1. The van der Waals surface area contributed by atoms with E-state index in [0.29, 0.717) is 18.4 Å². The molecule has 16 heavy (non-hydrogen) atoms. The molecule has 0 amide bonds. The molecule has 0 N–H and O–H groups in total. The monoisotopic (exact) mass is 260 g/mol. The van der Waals surface area contributed by atoms with E-state index >= 15 is 0 Å². The molecule has 1 spiro atoms. The molecule has 2 aliphatic heterocycles. The van der Waals surface area contributed by atoms with E-state index in [0.717, 1.165) is 31.1 Å². The molecule has 0 bridgehead atoms. The van der Waals surface area contributed by atoms with Gasteiger partial charge in [-0.25, -0.2) is 4.98 Å². The minimum atomic E-state index is -0.392. The van der Waals surface area contributed by atoms with Crippen LogP contribution in [0.1, 0.15) is 12.8 Å². The van der Waals surface area contributed by atoms with Gasteiger partial charge >= 0.3 is 0 Å². The number of ether oxygens (including phenoxy) is 2. The first kappa shape index (κ1) is 10.8. The van der Waals surface area contributed by atoms with Crippen LogP contribution < -0.4 is 4.90 Å². The third-order valence-electron chi connectivity index (χ3n) is 2.97. The summed E-state index contributed by atoms with van der Waals surface area (Å²) in [4.78, 5) is 6.49. The molecule has 0 unspecified atom stereocenters. The summed E-state index contributed by atoms with van der Waals surface area (Å²) in [5.74, 6) is -0.392. The van der Waals surface area contributed by atoms with E-state index in [1.807, 2.05) is 5.38 Å². The molecule has 88 valence electrons. The van der Waals surface area contributed by atoms with Crippen molar-refractivity contribution in [2.75, 3.05) is 31.2 Å². The van der Waals surface area contributed by atoms with Gasteiger partial charge in [0.25, 0.3) is 0 Å². The first-order valence-corrected chi connectivity index (χ1v) is 6.67. The van der Waals surface area contributed by atoms with E-state index in [2.05, 4.69) is 9.88 Å². The van der Waals surface area contributed by atoms with Crippen molar-refractivity contribution in [1.82, 2.24) is 4.98 Å². The minimum absolute atomic E-state index is 0.392. The zero-order valence-corrected chi connectivity index (χ0v) is 10.4. The Morgan fingerprint density at radius 1 is 1.44 bits per heavy atom. The van der Waals surface area contributed by atoms with Crippen LogP contribution in [0.4, 0.5) is 5.13 Å². The SMILES string of the molecule is Clc1csc(N2CCCC3(C2)OCCO3)n1. The van der Waals surface area contributed by atoms with Crippen molar-refractivity contribution in [3.8, 4) is 0 Å². The zero-order valence-electron chi connectivity index (χ0n) is 8.82. The Bertz CT molecular complexity index is 379. The molecule has 0 aromatic carbocycles. The Morgan fingerprint density at radius 3 is 2.94 bits per heavy atom. The second-order valence-corrected chi connectivity index (χ2v) is 5.31. The number of aromatic nitrogens is 1. The van der Waals surface area contributed by atoms with Crippen molar-refractivity contribution in [2.45, 2.75) is 18.6 Å². The summed E-state index contributed by atoms with van der Waals surface area (Å²) >= 11 is 7.41. The van der Waals surface area contributed by atoms with Gasteiger partial charge in [0.05, 0.1) is 19.8 Å². The van der Waals surface area contributed by atoms with E-state index in [9.17, 15) is 0 Å². The highest BCUT2D eigenvalue weighted by Crippen LogP contribution is 2.34. The molecule has 6 heteroatoms. The Hall–Kier alpha value is -0.360. The number of piperidine rings is 1. The third kappa shape index (κ3) is 1.93. The normalized spacial score (nSPS) is 24.2. The number of thiazole rings is 1. The second-order valence-electron chi connectivity index (χ2n) is 4.09. The minimum Gasteiger partial charge on any atom is -0.346 e. The summed E-state index contributed by atoms with van der Waals surface area (Å²) in [7, 11) is 0. The number of hydrogen-bond donors (Lipinski definition) is 0. The van der Waals surface area contributed by atoms with Crippen LogP contribution in [0.25, 0.3) is 0 Å². The van der Waals surface area contributed by atoms with Crippen LogP contribution in [0.3, 0.4) is 0 Å². The molecule has 3 heterocycles. The summed E-state index contributed by atoms with van der Waals surface area (Å²) in [6, 6.07) is 0. The molecule has 0 saturated carbocycles. The smallest absolute Gasteiger partial charge is 0.186 e. The lowest BCUT2D eigenvalue weighted by Crippen LogP contribution is -2.49. The number of nitrogens with zero attached hydrogens (tertiary/aromatic N) is 2. The highest BCUT2D eigenvalue weighted by atomic mass is 35.5. The first-order chi connectivity index (χ1) is 7.77. The van der Waals surface area contributed by atoms with Crippen LogP contribution in [0.5, 0.6) is 0 Å². The molecular weight excluding hydrogens is 248 g/mol. The van der Waals surface area contributed by atoms with Crippen molar-refractivity contribution in [3.63, 3.8) is 0 Å². The molecule has 2 aliphatic rings. The predicted molar refractivity (Wildman–Crippen MR) is 63.2 cm³/mol. The van der Waals surface area contributed by atoms with E-state index in [1.54, 1.807) is 11.3 Å². The lowest BCUT2D eigenvalue weighted by Gasteiger charge is -2.38. The van der Waals surface area contributed by atoms with Gasteiger partial charge in [0.2, 0.25) is 0 Å². The van der Waals surface area contributed by atoms with Crippen LogP contribution in [-0.4, -0.2) is 37.1 Å². The number of rotatable bonds is 1. The maximum Gasteiger partial charge on any atom is 0.186 e. The van der Waals surface area contributed by atoms with Gasteiger partial charge in [-0.05, 0) is 6.42 Å². The topological polar surface area (TPSA) is 34.6 Å². The van der Waals surface area contributed by atoms with Gasteiger partial charge in [-0.1, -0.05) is 11.6 Å². The summed E-state index contributed by atoms with van der Waals surface area (Å²) in [6.07, 6.45) is 2.04. The van der Waals surface area contributed by atoms with Crippen molar-refractivity contribution in [2.24, 2.45) is 0 Å². The van der Waals surface area contributed by atoms with Crippen molar-refractivity contribution < 1.29 is 9.47 Å². The molecule has 1 aromatic heterocycles. The molecule has 0 radical (unpaired) electrons. The Balaban J connectivity index is 1.77. The Labute approximate surface area is 103 Å². The number of hydrogen-bond acceptors (Lipinski definition) is 5. The summed E-state index contributed by atoms with van der Waals surface area (Å²) in [6.45, 7) is 3.16. The lowest BCUT2D eigenvalue weighted by molar-refractivity contribution is -0.161. The van der Waals surface area contributed by atoms with Crippen molar-refractivity contribution >= 4 is 28.1 Å². The first-order valence-electron chi connectivity index (χ1n) is 5.41. The number of anilines is 1. The van der Waals surface area contributed by atoms with E-state index in [-0.39, 0.29) is 0 Å². The molecule has 1 aromatic rings. The summed E-state index contributed by atoms with van der Waals surface area (Å²) in [5, 5.41) is 3.38. The van der Waals surface area contributed by atoms with Crippen LogP contribution in [0.15, 0.2) is 5.38 Å². The molecule has 2 saturated heterocycles. The third-order valence-corrected chi connectivity index (χ3v) is 4.19. The van der Waals surface area contributed by atoms with Crippen LogP contribution in [-0.2, 0) is 9.47 Å². The average Bonchev–Trinajstić information content (AvgIpc) is 2.89. The number of halogens is 1. The maximum absolute atomic E-state index is 5.84. The fraction of sp³-hybridized carbons (Fsp3) is 0.700. The molecule has 2 fully saturated rings.